The van der Waals surface area contributed by atoms with Crippen molar-refractivity contribution in [2.75, 3.05) is 14.2 Å². The van der Waals surface area contributed by atoms with Gasteiger partial charge in [-0.1, -0.05) is 31.0 Å². The molecule has 3 aromatic rings. The number of fused-ring (bicyclic) bond motifs is 5. The minimum absolute atomic E-state index is 0.0363. The van der Waals surface area contributed by atoms with E-state index in [1.54, 1.807) is 44.6 Å². The summed E-state index contributed by atoms with van der Waals surface area (Å²) < 4.78 is 38.2. The number of sulfone groups is 1. The van der Waals surface area contributed by atoms with Gasteiger partial charge in [-0.3, -0.25) is 9.79 Å². The van der Waals surface area contributed by atoms with Gasteiger partial charge in [0.25, 0.3) is 0 Å². The summed E-state index contributed by atoms with van der Waals surface area (Å²) in [6, 6.07) is 15.5. The summed E-state index contributed by atoms with van der Waals surface area (Å²) in [5, 5.41) is 0. The predicted molar refractivity (Wildman–Crippen MR) is 132 cm³/mol. The number of carbonyl (C=O) groups excluding carboxylic acids is 1. The van der Waals surface area contributed by atoms with E-state index >= 15 is 0 Å². The van der Waals surface area contributed by atoms with Gasteiger partial charge in [0.1, 0.15) is 0 Å². The van der Waals surface area contributed by atoms with Crippen LogP contribution in [0.25, 0.3) is 0 Å². The van der Waals surface area contributed by atoms with Crippen molar-refractivity contribution in [3.05, 3.63) is 82.4 Å². The van der Waals surface area contributed by atoms with E-state index in [2.05, 4.69) is 0 Å². The Morgan fingerprint density at radius 2 is 1.54 bits per heavy atom. The van der Waals surface area contributed by atoms with Crippen molar-refractivity contribution in [3.63, 3.8) is 0 Å². The van der Waals surface area contributed by atoms with Crippen LogP contribution < -0.4 is 9.47 Å². The third-order valence-electron chi connectivity index (χ3n) is 7.45. The van der Waals surface area contributed by atoms with Crippen LogP contribution in [0, 0.1) is 0 Å². The maximum absolute atomic E-state index is 13.5. The molecule has 2 aliphatic heterocycles. The van der Waals surface area contributed by atoms with E-state index in [0.717, 1.165) is 42.5 Å². The highest BCUT2D eigenvalue weighted by Crippen LogP contribution is 2.45. The summed E-state index contributed by atoms with van der Waals surface area (Å²) in [5.41, 5.74) is 3.90. The van der Waals surface area contributed by atoms with Crippen LogP contribution in [0.5, 0.6) is 11.5 Å². The molecule has 0 aromatic heterocycles. The van der Waals surface area contributed by atoms with Gasteiger partial charge in [-0.05, 0) is 54.8 Å². The number of benzene rings is 3. The number of ether oxygens (including phenoxy) is 2. The van der Waals surface area contributed by atoms with Crippen LogP contribution in [0.4, 0.5) is 0 Å². The normalized spacial score (nSPS) is 21.7. The van der Waals surface area contributed by atoms with Crippen LogP contribution in [0.3, 0.4) is 0 Å². The van der Waals surface area contributed by atoms with E-state index in [1.165, 1.54) is 6.07 Å². The maximum Gasteiger partial charge on any atom is 0.208 e. The molecule has 1 fully saturated rings. The van der Waals surface area contributed by atoms with Crippen molar-refractivity contribution in [3.8, 4) is 11.5 Å². The Morgan fingerprint density at radius 3 is 2.34 bits per heavy atom. The first-order valence-corrected chi connectivity index (χ1v) is 13.3. The standard InChI is InChI=1S/C28H25NO5S/c1-33-23-14-20-17-7-3-5-9-22(17)29-27(21(20)15-24(23)34-2)16-11-12-19-26(13-16)35(31,32)25-10-6-4-8-18(25)28(19)30/h4,6,8,10-15,17,22H,3,5,7,9H2,1-2H3. The van der Waals surface area contributed by atoms with Gasteiger partial charge in [0.2, 0.25) is 9.84 Å². The van der Waals surface area contributed by atoms with Crippen LogP contribution in [-0.4, -0.2) is 40.2 Å². The monoisotopic (exact) mass is 487 g/mol. The second-order valence-corrected chi connectivity index (χ2v) is 11.2. The molecule has 7 heteroatoms. The van der Waals surface area contributed by atoms with Crippen molar-refractivity contribution >= 4 is 21.3 Å². The van der Waals surface area contributed by atoms with Crippen molar-refractivity contribution < 1.29 is 22.7 Å². The van der Waals surface area contributed by atoms with Crippen molar-refractivity contribution in [2.24, 2.45) is 4.99 Å². The maximum atomic E-state index is 13.5. The molecular weight excluding hydrogens is 462 g/mol. The molecule has 2 unspecified atom stereocenters. The summed E-state index contributed by atoms with van der Waals surface area (Å²) >= 11 is 0. The summed E-state index contributed by atoms with van der Waals surface area (Å²) in [4.78, 5) is 18.3. The molecule has 0 saturated heterocycles. The Hall–Kier alpha value is -3.45. The molecule has 6 rings (SSSR count). The summed E-state index contributed by atoms with van der Waals surface area (Å²) in [6.07, 6.45) is 4.30. The molecule has 1 aliphatic carbocycles. The first-order valence-electron chi connectivity index (χ1n) is 11.8. The Labute approximate surface area is 204 Å². The number of rotatable bonds is 3. The van der Waals surface area contributed by atoms with E-state index in [0.29, 0.717) is 17.1 Å². The quantitative estimate of drug-likeness (QED) is 0.408. The minimum atomic E-state index is -3.84. The molecule has 0 spiro atoms. The van der Waals surface area contributed by atoms with Gasteiger partial charge in [0.15, 0.2) is 17.3 Å². The lowest BCUT2D eigenvalue weighted by Crippen LogP contribution is -2.30. The van der Waals surface area contributed by atoms with Crippen LogP contribution in [0.1, 0.15) is 64.2 Å². The number of hydrogen-bond acceptors (Lipinski definition) is 6. The van der Waals surface area contributed by atoms with Gasteiger partial charge in [0.05, 0.1) is 35.8 Å². The van der Waals surface area contributed by atoms with E-state index in [1.807, 2.05) is 18.2 Å². The number of methoxy groups -OCH3 is 2. The third-order valence-corrected chi connectivity index (χ3v) is 9.30. The zero-order chi connectivity index (χ0) is 24.3. The lowest BCUT2D eigenvalue weighted by molar-refractivity contribution is 0.103. The van der Waals surface area contributed by atoms with Gasteiger partial charge >= 0.3 is 0 Å². The van der Waals surface area contributed by atoms with Gasteiger partial charge in [0, 0.05) is 28.2 Å². The van der Waals surface area contributed by atoms with Crippen LogP contribution in [0.15, 0.2) is 69.4 Å². The number of carbonyl (C=O) groups is 1. The molecule has 0 amide bonds. The summed E-state index contributed by atoms with van der Waals surface area (Å²) in [5.74, 6) is 1.29. The summed E-state index contributed by atoms with van der Waals surface area (Å²) in [6.45, 7) is 0. The topological polar surface area (TPSA) is 82.0 Å². The fourth-order valence-electron chi connectivity index (χ4n) is 5.73. The molecule has 178 valence electrons. The average Bonchev–Trinajstić information content (AvgIpc) is 2.90. The van der Waals surface area contributed by atoms with Crippen LogP contribution in [-0.2, 0) is 9.84 Å². The highest BCUT2D eigenvalue weighted by atomic mass is 32.2. The number of hydrogen-bond donors (Lipinski definition) is 0. The molecule has 3 aliphatic rings. The largest absolute Gasteiger partial charge is 0.493 e. The summed E-state index contributed by atoms with van der Waals surface area (Å²) in [7, 11) is -0.613. The lowest BCUT2D eigenvalue weighted by atomic mass is 9.75. The molecule has 2 atom stereocenters. The first-order chi connectivity index (χ1) is 16.9. The van der Waals surface area contributed by atoms with E-state index < -0.39 is 9.84 Å². The Morgan fingerprint density at radius 1 is 0.829 bits per heavy atom. The third kappa shape index (κ3) is 3.25. The Bertz CT molecular complexity index is 1520. The smallest absolute Gasteiger partial charge is 0.208 e. The zero-order valence-electron chi connectivity index (χ0n) is 19.6. The van der Waals surface area contributed by atoms with Crippen LogP contribution >= 0.6 is 0 Å². The molecule has 0 radical (unpaired) electrons. The van der Waals surface area contributed by atoms with E-state index in [9.17, 15) is 13.2 Å². The highest BCUT2D eigenvalue weighted by molar-refractivity contribution is 7.91. The molecule has 6 nitrogen and oxygen atoms in total. The molecule has 3 aromatic carbocycles. The molecule has 0 bridgehead atoms. The SMILES string of the molecule is COc1cc2c(cc1OC)C1CCCCC1N=C2c1ccc2c(c1)S(=O)(=O)c1ccccc1C2=O. The second kappa shape index (κ2) is 8.05. The Balaban J connectivity index is 1.55. The van der Waals surface area contributed by atoms with Crippen molar-refractivity contribution in [1.82, 2.24) is 0 Å². The van der Waals surface area contributed by atoms with E-state index in [4.69, 9.17) is 14.5 Å². The van der Waals surface area contributed by atoms with Gasteiger partial charge < -0.3 is 9.47 Å². The van der Waals surface area contributed by atoms with Crippen LogP contribution in [0.2, 0.25) is 0 Å². The number of aliphatic imine (C=N–C) groups is 1. The molecule has 2 heterocycles. The molecule has 35 heavy (non-hydrogen) atoms. The highest BCUT2D eigenvalue weighted by Gasteiger charge is 2.37. The van der Waals surface area contributed by atoms with Gasteiger partial charge in [-0.15, -0.1) is 0 Å². The molecule has 0 N–H and O–H groups in total. The first kappa shape index (κ1) is 22.0. The van der Waals surface area contributed by atoms with Crippen molar-refractivity contribution in [1.29, 1.82) is 0 Å². The fraction of sp³-hybridized carbons (Fsp3) is 0.286. The number of nitrogens with zero attached hydrogens (tertiary/aromatic N) is 1. The molecule has 1 saturated carbocycles. The van der Waals surface area contributed by atoms with Gasteiger partial charge in [-0.25, -0.2) is 8.42 Å². The predicted octanol–water partition coefficient (Wildman–Crippen LogP) is 4.96. The number of ketones is 1. The van der Waals surface area contributed by atoms with E-state index in [-0.39, 0.29) is 38.7 Å². The zero-order valence-corrected chi connectivity index (χ0v) is 20.4. The fourth-order valence-corrected chi connectivity index (χ4v) is 7.41. The molecular formula is C28H25NO5S. The minimum Gasteiger partial charge on any atom is -0.493 e. The van der Waals surface area contributed by atoms with Gasteiger partial charge in [-0.2, -0.15) is 0 Å². The lowest BCUT2D eigenvalue weighted by Gasteiger charge is -2.36. The second-order valence-electron chi connectivity index (χ2n) is 9.27. The Kier molecular flexibility index (Phi) is 5.07. The van der Waals surface area contributed by atoms with Crippen molar-refractivity contribution in [2.45, 2.75) is 47.4 Å². The average molecular weight is 488 g/mol.